The van der Waals surface area contributed by atoms with Crippen LogP contribution in [0.2, 0.25) is 5.02 Å². The summed E-state index contributed by atoms with van der Waals surface area (Å²) in [5.74, 6) is 1.06. The van der Waals surface area contributed by atoms with Gasteiger partial charge in [0.1, 0.15) is 5.75 Å². The van der Waals surface area contributed by atoms with Crippen molar-refractivity contribution in [2.45, 2.75) is 19.9 Å². The Balaban J connectivity index is 2.80. The summed E-state index contributed by atoms with van der Waals surface area (Å²) in [6, 6.07) is 5.44. The molecule has 0 amide bonds. The molecule has 1 aromatic carbocycles. The topological polar surface area (TPSA) is 41.5 Å². The maximum Gasteiger partial charge on any atom is 0.120 e. The van der Waals surface area contributed by atoms with Crippen LogP contribution >= 0.6 is 11.6 Å². The third-order valence-corrected chi connectivity index (χ3v) is 2.83. The van der Waals surface area contributed by atoms with Crippen molar-refractivity contribution in [1.82, 2.24) is 0 Å². The fourth-order valence-corrected chi connectivity index (χ4v) is 1.59. The van der Waals surface area contributed by atoms with E-state index in [4.69, 9.17) is 16.3 Å². The third-order valence-electron chi connectivity index (χ3n) is 2.52. The number of ether oxygens (including phenoxy) is 1. The van der Waals surface area contributed by atoms with Gasteiger partial charge in [-0.25, -0.2) is 0 Å². The van der Waals surface area contributed by atoms with Crippen LogP contribution in [0, 0.1) is 5.92 Å². The number of aliphatic hydroxyl groups is 1. The number of hydrogen-bond donors (Lipinski definition) is 2. The van der Waals surface area contributed by atoms with Crippen molar-refractivity contribution < 1.29 is 9.84 Å². The highest BCUT2D eigenvalue weighted by Gasteiger charge is 2.13. The van der Waals surface area contributed by atoms with Gasteiger partial charge >= 0.3 is 0 Å². The van der Waals surface area contributed by atoms with Crippen LogP contribution in [0.4, 0.5) is 5.69 Å². The van der Waals surface area contributed by atoms with Crippen LogP contribution in [0.5, 0.6) is 5.75 Å². The fraction of sp³-hybridized carbons (Fsp3) is 0.500. The first-order chi connectivity index (χ1) is 7.58. The zero-order valence-corrected chi connectivity index (χ0v) is 10.6. The van der Waals surface area contributed by atoms with Crippen LogP contribution in [0.1, 0.15) is 13.8 Å². The van der Waals surface area contributed by atoms with Crippen molar-refractivity contribution in [2.75, 3.05) is 19.0 Å². The second kappa shape index (κ2) is 5.97. The van der Waals surface area contributed by atoms with Crippen LogP contribution in [0.3, 0.4) is 0 Å². The number of halogens is 1. The second-order valence-corrected chi connectivity index (χ2v) is 4.43. The molecular weight excluding hydrogens is 226 g/mol. The summed E-state index contributed by atoms with van der Waals surface area (Å²) in [6.45, 7) is 4.18. The summed E-state index contributed by atoms with van der Waals surface area (Å²) in [5, 5.41) is 13.0. The largest absolute Gasteiger partial charge is 0.497 e. The lowest BCUT2D eigenvalue weighted by atomic mass is 10.1. The first kappa shape index (κ1) is 13.1. The minimum absolute atomic E-state index is 0.00546. The molecule has 1 atom stereocenters. The minimum atomic E-state index is 0.00546. The van der Waals surface area contributed by atoms with Crippen LogP contribution in [-0.4, -0.2) is 24.9 Å². The molecule has 0 aliphatic carbocycles. The van der Waals surface area contributed by atoms with E-state index in [2.05, 4.69) is 5.32 Å². The van der Waals surface area contributed by atoms with Gasteiger partial charge in [-0.1, -0.05) is 25.4 Å². The van der Waals surface area contributed by atoms with E-state index in [9.17, 15) is 5.11 Å². The van der Waals surface area contributed by atoms with Gasteiger partial charge < -0.3 is 15.2 Å². The number of hydrogen-bond acceptors (Lipinski definition) is 3. The Labute approximate surface area is 101 Å². The first-order valence-electron chi connectivity index (χ1n) is 5.29. The van der Waals surface area contributed by atoms with Gasteiger partial charge in [-0.05, 0) is 18.1 Å². The van der Waals surface area contributed by atoms with E-state index in [-0.39, 0.29) is 12.6 Å². The van der Waals surface area contributed by atoms with Crippen molar-refractivity contribution in [3.05, 3.63) is 23.2 Å². The van der Waals surface area contributed by atoms with Gasteiger partial charge in [-0.2, -0.15) is 0 Å². The van der Waals surface area contributed by atoms with Gasteiger partial charge in [0.05, 0.1) is 30.5 Å². The fourth-order valence-electron chi connectivity index (χ4n) is 1.36. The lowest BCUT2D eigenvalue weighted by Crippen LogP contribution is -2.29. The zero-order chi connectivity index (χ0) is 12.1. The summed E-state index contributed by atoms with van der Waals surface area (Å²) in [4.78, 5) is 0. The smallest absolute Gasteiger partial charge is 0.120 e. The summed E-state index contributed by atoms with van der Waals surface area (Å²) < 4.78 is 5.07. The van der Waals surface area contributed by atoms with Gasteiger partial charge in [0, 0.05) is 6.07 Å². The molecule has 4 heteroatoms. The minimum Gasteiger partial charge on any atom is -0.497 e. The lowest BCUT2D eigenvalue weighted by molar-refractivity contribution is 0.249. The van der Waals surface area contributed by atoms with Gasteiger partial charge in [0.2, 0.25) is 0 Å². The van der Waals surface area contributed by atoms with E-state index >= 15 is 0 Å². The maximum atomic E-state index is 9.22. The van der Waals surface area contributed by atoms with E-state index in [0.717, 1.165) is 11.4 Å². The molecule has 0 aliphatic rings. The Morgan fingerprint density at radius 2 is 2.12 bits per heavy atom. The van der Waals surface area contributed by atoms with Gasteiger partial charge in [-0.15, -0.1) is 0 Å². The molecular formula is C12H18ClNO2. The molecule has 0 bridgehead atoms. The zero-order valence-electron chi connectivity index (χ0n) is 9.83. The Bertz CT molecular complexity index is 342. The highest BCUT2D eigenvalue weighted by atomic mass is 35.5. The van der Waals surface area contributed by atoms with Crippen LogP contribution in [0.15, 0.2) is 18.2 Å². The third kappa shape index (κ3) is 3.29. The molecule has 0 fully saturated rings. The second-order valence-electron chi connectivity index (χ2n) is 4.02. The number of anilines is 1. The number of methoxy groups -OCH3 is 1. The van der Waals surface area contributed by atoms with E-state index in [1.54, 1.807) is 13.2 Å². The Morgan fingerprint density at radius 3 is 2.56 bits per heavy atom. The molecule has 2 N–H and O–H groups in total. The summed E-state index contributed by atoms with van der Waals surface area (Å²) in [6.07, 6.45) is 0. The maximum absolute atomic E-state index is 9.22. The quantitative estimate of drug-likeness (QED) is 0.836. The number of aliphatic hydroxyl groups excluding tert-OH is 1. The molecule has 0 saturated carbocycles. The first-order valence-corrected chi connectivity index (χ1v) is 5.67. The molecule has 16 heavy (non-hydrogen) atoms. The van der Waals surface area contributed by atoms with Crippen molar-refractivity contribution in [2.24, 2.45) is 5.92 Å². The highest BCUT2D eigenvalue weighted by Crippen LogP contribution is 2.27. The van der Waals surface area contributed by atoms with Crippen molar-refractivity contribution in [3.63, 3.8) is 0 Å². The average Bonchev–Trinajstić information content (AvgIpc) is 2.26. The van der Waals surface area contributed by atoms with Crippen molar-refractivity contribution >= 4 is 17.3 Å². The Morgan fingerprint density at radius 1 is 1.44 bits per heavy atom. The summed E-state index contributed by atoms with van der Waals surface area (Å²) in [5.41, 5.74) is 0.815. The number of benzene rings is 1. The molecule has 0 saturated heterocycles. The van der Waals surface area contributed by atoms with Gasteiger partial charge in [0.15, 0.2) is 0 Å². The average molecular weight is 244 g/mol. The molecule has 0 aliphatic heterocycles. The van der Waals surface area contributed by atoms with E-state index in [1.807, 2.05) is 26.0 Å². The lowest BCUT2D eigenvalue weighted by Gasteiger charge is -2.22. The van der Waals surface area contributed by atoms with Gasteiger partial charge in [-0.3, -0.25) is 0 Å². The molecule has 1 unspecified atom stereocenters. The highest BCUT2D eigenvalue weighted by molar-refractivity contribution is 6.33. The van der Waals surface area contributed by atoms with Crippen LogP contribution in [0.25, 0.3) is 0 Å². The molecule has 0 aromatic heterocycles. The number of nitrogens with one attached hydrogen (secondary N) is 1. The Hall–Kier alpha value is -0.930. The molecule has 0 spiro atoms. The normalized spacial score (nSPS) is 12.6. The van der Waals surface area contributed by atoms with Crippen LogP contribution < -0.4 is 10.1 Å². The van der Waals surface area contributed by atoms with Crippen molar-refractivity contribution in [1.29, 1.82) is 0 Å². The van der Waals surface area contributed by atoms with Gasteiger partial charge in [0.25, 0.3) is 0 Å². The molecule has 90 valence electrons. The monoisotopic (exact) mass is 243 g/mol. The molecule has 1 aromatic rings. The number of rotatable bonds is 5. The van der Waals surface area contributed by atoms with E-state index in [0.29, 0.717) is 10.9 Å². The predicted molar refractivity (Wildman–Crippen MR) is 67.3 cm³/mol. The standard InChI is InChI=1S/C12H18ClNO2/c1-8(2)12(7-15)14-11-5-4-9(16-3)6-10(11)13/h4-6,8,12,14-15H,7H2,1-3H3. The van der Waals surface area contributed by atoms with Crippen molar-refractivity contribution in [3.8, 4) is 5.75 Å². The van der Waals surface area contributed by atoms with E-state index < -0.39 is 0 Å². The van der Waals surface area contributed by atoms with Crippen LogP contribution in [-0.2, 0) is 0 Å². The van der Waals surface area contributed by atoms with E-state index in [1.165, 1.54) is 0 Å². The molecule has 1 rings (SSSR count). The summed E-state index contributed by atoms with van der Waals surface area (Å²) in [7, 11) is 1.60. The summed E-state index contributed by atoms with van der Waals surface area (Å²) >= 11 is 6.09. The SMILES string of the molecule is COc1ccc(NC(CO)C(C)C)c(Cl)c1. The molecule has 3 nitrogen and oxygen atoms in total. The molecule has 0 radical (unpaired) electrons. The Kier molecular flexibility index (Phi) is 4.90. The molecule has 0 heterocycles. The predicted octanol–water partition coefficient (Wildman–Crippen LogP) is 2.78.